The zero-order valence-corrected chi connectivity index (χ0v) is 23.5. The number of sulfonamides is 1. The first-order chi connectivity index (χ1) is 18.2. The Morgan fingerprint density at radius 2 is 1.79 bits per heavy atom. The largest absolute Gasteiger partial charge is 0.376 e. The molecular formula is C28H31N5O3S2. The number of thiophene rings is 1. The standard InChI is InChI=1S/C28H31N5O3S2/c1-5-32(6-2)38(35,36)23-15-16-25(31(3)4)24(19-23)29-27(34)17-14-21-20-33(22-11-8-7-9-12-22)30-28(21)26-13-10-18-37-26/h7-20H,5-6H2,1-4H3,(H,29,34)/b17-14+. The zero-order chi connectivity index (χ0) is 27.3. The molecule has 0 unspecified atom stereocenters. The van der Waals surface area contributed by atoms with E-state index in [-0.39, 0.29) is 10.8 Å². The fourth-order valence-electron chi connectivity index (χ4n) is 4.05. The van der Waals surface area contributed by atoms with Crippen LogP contribution in [0.3, 0.4) is 0 Å². The number of benzene rings is 2. The van der Waals surface area contributed by atoms with Gasteiger partial charge in [0.1, 0.15) is 5.69 Å². The molecule has 0 saturated carbocycles. The third-order valence-corrected chi connectivity index (χ3v) is 8.91. The van der Waals surface area contributed by atoms with E-state index in [1.807, 2.05) is 73.0 Å². The van der Waals surface area contributed by atoms with Gasteiger partial charge in [-0.3, -0.25) is 4.79 Å². The normalized spacial score (nSPS) is 11.8. The van der Waals surface area contributed by atoms with Crippen LogP contribution in [-0.4, -0.2) is 55.6 Å². The van der Waals surface area contributed by atoms with E-state index in [4.69, 9.17) is 5.10 Å². The third-order valence-electron chi connectivity index (χ3n) is 5.98. The second-order valence-corrected chi connectivity index (χ2v) is 11.6. The molecule has 2 heterocycles. The van der Waals surface area contributed by atoms with Crippen molar-refractivity contribution in [3.05, 3.63) is 83.9 Å². The van der Waals surface area contributed by atoms with Crippen molar-refractivity contribution in [2.75, 3.05) is 37.4 Å². The van der Waals surface area contributed by atoms with E-state index in [1.165, 1.54) is 16.4 Å². The molecule has 38 heavy (non-hydrogen) atoms. The number of nitrogens with one attached hydrogen (secondary N) is 1. The van der Waals surface area contributed by atoms with E-state index in [0.717, 1.165) is 21.8 Å². The van der Waals surface area contributed by atoms with Crippen LogP contribution in [0.2, 0.25) is 0 Å². The van der Waals surface area contributed by atoms with Crippen LogP contribution in [0, 0.1) is 0 Å². The lowest BCUT2D eigenvalue weighted by atomic mass is 10.2. The number of hydrogen-bond donors (Lipinski definition) is 1. The Balaban J connectivity index is 1.64. The molecule has 4 rings (SSSR count). The van der Waals surface area contributed by atoms with Crippen molar-refractivity contribution in [3.8, 4) is 16.3 Å². The number of hydrogen-bond acceptors (Lipinski definition) is 6. The van der Waals surface area contributed by atoms with Crippen LogP contribution < -0.4 is 10.2 Å². The van der Waals surface area contributed by atoms with Crippen LogP contribution in [0.15, 0.2) is 83.2 Å². The molecule has 0 aliphatic carbocycles. The molecule has 10 heteroatoms. The molecule has 0 atom stereocenters. The van der Waals surface area contributed by atoms with Crippen LogP contribution >= 0.6 is 11.3 Å². The van der Waals surface area contributed by atoms with Crippen LogP contribution in [-0.2, 0) is 14.8 Å². The Kier molecular flexibility index (Phi) is 8.45. The third kappa shape index (κ3) is 5.88. The van der Waals surface area contributed by atoms with E-state index in [0.29, 0.717) is 24.5 Å². The number of carbonyl (C=O) groups excluding carboxylic acids is 1. The van der Waals surface area contributed by atoms with Crippen molar-refractivity contribution in [1.29, 1.82) is 0 Å². The first kappa shape index (κ1) is 27.3. The molecule has 0 radical (unpaired) electrons. The zero-order valence-electron chi connectivity index (χ0n) is 21.8. The molecule has 0 spiro atoms. The summed E-state index contributed by atoms with van der Waals surface area (Å²) in [6.07, 6.45) is 5.05. The van der Waals surface area contributed by atoms with Crippen molar-refractivity contribution in [2.45, 2.75) is 18.7 Å². The Labute approximate surface area is 227 Å². The molecule has 0 aliphatic heterocycles. The predicted molar refractivity (Wildman–Crippen MR) is 155 cm³/mol. The quantitative estimate of drug-likeness (QED) is 0.270. The Bertz CT molecular complexity index is 1520. The molecule has 4 aromatic rings. The molecule has 8 nitrogen and oxygen atoms in total. The molecule has 0 aliphatic rings. The second kappa shape index (κ2) is 11.8. The molecule has 0 bridgehead atoms. The highest BCUT2D eigenvalue weighted by atomic mass is 32.2. The summed E-state index contributed by atoms with van der Waals surface area (Å²) in [7, 11) is -0.00000799. The number of amides is 1. The number of aromatic nitrogens is 2. The Morgan fingerprint density at radius 3 is 2.42 bits per heavy atom. The molecule has 2 aromatic carbocycles. The minimum absolute atomic E-state index is 0.134. The summed E-state index contributed by atoms with van der Waals surface area (Å²) in [6, 6.07) is 18.5. The van der Waals surface area contributed by atoms with Crippen LogP contribution in [0.5, 0.6) is 0 Å². The molecule has 2 aromatic heterocycles. The summed E-state index contributed by atoms with van der Waals surface area (Å²) < 4.78 is 29.3. The summed E-state index contributed by atoms with van der Waals surface area (Å²) >= 11 is 1.57. The fourth-order valence-corrected chi connectivity index (χ4v) is 6.26. The lowest BCUT2D eigenvalue weighted by Gasteiger charge is -2.22. The van der Waals surface area contributed by atoms with Crippen LogP contribution in [0.1, 0.15) is 19.4 Å². The maximum Gasteiger partial charge on any atom is 0.248 e. The van der Waals surface area contributed by atoms with Gasteiger partial charge in [-0.05, 0) is 47.9 Å². The minimum Gasteiger partial charge on any atom is -0.376 e. The van der Waals surface area contributed by atoms with Gasteiger partial charge < -0.3 is 10.2 Å². The van der Waals surface area contributed by atoms with Gasteiger partial charge in [-0.1, -0.05) is 38.1 Å². The van der Waals surface area contributed by atoms with E-state index in [9.17, 15) is 13.2 Å². The Morgan fingerprint density at radius 1 is 1.05 bits per heavy atom. The first-order valence-electron chi connectivity index (χ1n) is 12.2. The van der Waals surface area contributed by atoms with E-state index < -0.39 is 10.0 Å². The predicted octanol–water partition coefficient (Wildman–Crippen LogP) is 5.35. The van der Waals surface area contributed by atoms with Gasteiger partial charge in [0.2, 0.25) is 15.9 Å². The van der Waals surface area contributed by atoms with Gasteiger partial charge in [0.15, 0.2) is 0 Å². The maximum atomic E-state index is 13.1. The van der Waals surface area contributed by atoms with E-state index in [2.05, 4.69) is 5.32 Å². The van der Waals surface area contributed by atoms with Crippen molar-refractivity contribution >= 4 is 44.7 Å². The SMILES string of the molecule is CCN(CC)S(=O)(=O)c1ccc(N(C)C)c(NC(=O)/C=C/c2cn(-c3ccccc3)nc2-c2cccs2)c1. The highest BCUT2D eigenvalue weighted by Crippen LogP contribution is 2.30. The molecular weight excluding hydrogens is 518 g/mol. The van der Waals surface area contributed by atoms with Crippen molar-refractivity contribution in [2.24, 2.45) is 0 Å². The molecule has 1 N–H and O–H groups in total. The average Bonchev–Trinajstić information content (AvgIpc) is 3.58. The topological polar surface area (TPSA) is 87.5 Å². The summed E-state index contributed by atoms with van der Waals surface area (Å²) in [5.41, 5.74) is 3.58. The Hall–Kier alpha value is -3.73. The van der Waals surface area contributed by atoms with Gasteiger partial charge in [0.05, 0.1) is 26.8 Å². The summed E-state index contributed by atoms with van der Waals surface area (Å²) in [4.78, 5) is 16.0. The minimum atomic E-state index is -3.68. The number of carbonyl (C=O) groups is 1. The maximum absolute atomic E-state index is 13.1. The van der Waals surface area contributed by atoms with Gasteiger partial charge in [-0.25, -0.2) is 13.1 Å². The lowest BCUT2D eigenvalue weighted by Crippen LogP contribution is -2.30. The fraction of sp³-hybridized carbons (Fsp3) is 0.214. The number of para-hydroxylation sites is 1. The van der Waals surface area contributed by atoms with Gasteiger partial charge in [-0.2, -0.15) is 9.40 Å². The monoisotopic (exact) mass is 549 g/mol. The number of nitrogens with zero attached hydrogens (tertiary/aromatic N) is 4. The van der Waals surface area contributed by atoms with Crippen LogP contribution in [0.4, 0.5) is 11.4 Å². The molecule has 0 fully saturated rings. The smallest absolute Gasteiger partial charge is 0.248 e. The van der Waals surface area contributed by atoms with E-state index in [1.54, 1.807) is 48.1 Å². The number of anilines is 2. The average molecular weight is 550 g/mol. The van der Waals surface area contributed by atoms with Gasteiger partial charge >= 0.3 is 0 Å². The summed E-state index contributed by atoms with van der Waals surface area (Å²) in [6.45, 7) is 4.32. The molecule has 1 amide bonds. The lowest BCUT2D eigenvalue weighted by molar-refractivity contribution is -0.111. The molecule has 0 saturated heterocycles. The van der Waals surface area contributed by atoms with Crippen molar-refractivity contribution in [3.63, 3.8) is 0 Å². The summed E-state index contributed by atoms with van der Waals surface area (Å²) in [5.74, 6) is -0.380. The van der Waals surface area contributed by atoms with E-state index >= 15 is 0 Å². The highest BCUT2D eigenvalue weighted by Gasteiger charge is 2.23. The number of rotatable bonds is 10. The highest BCUT2D eigenvalue weighted by molar-refractivity contribution is 7.89. The second-order valence-electron chi connectivity index (χ2n) is 8.68. The van der Waals surface area contributed by atoms with Gasteiger partial charge in [0.25, 0.3) is 0 Å². The first-order valence-corrected chi connectivity index (χ1v) is 14.6. The van der Waals surface area contributed by atoms with Gasteiger partial charge in [-0.15, -0.1) is 11.3 Å². The van der Waals surface area contributed by atoms with Crippen molar-refractivity contribution < 1.29 is 13.2 Å². The molecule has 198 valence electrons. The van der Waals surface area contributed by atoms with Crippen LogP contribution in [0.25, 0.3) is 22.3 Å². The van der Waals surface area contributed by atoms with Crippen molar-refractivity contribution in [1.82, 2.24) is 14.1 Å². The summed E-state index contributed by atoms with van der Waals surface area (Å²) in [5, 5.41) is 9.61. The van der Waals surface area contributed by atoms with Gasteiger partial charge in [0, 0.05) is 45.0 Å².